The average molecular weight is 548 g/mol. The van der Waals surface area contributed by atoms with Gasteiger partial charge < -0.3 is 19.6 Å². The van der Waals surface area contributed by atoms with Gasteiger partial charge in [-0.15, -0.1) is 0 Å². The zero-order valence-electron chi connectivity index (χ0n) is 24.5. The van der Waals surface area contributed by atoms with Gasteiger partial charge in [0.1, 0.15) is 18.9 Å². The highest BCUT2D eigenvalue weighted by Gasteiger charge is 2.46. The van der Waals surface area contributed by atoms with Gasteiger partial charge in [0.05, 0.1) is 33.1 Å². The number of aliphatic hydroxyl groups excluding tert-OH is 2. The highest BCUT2D eigenvalue weighted by atomic mass is 35.5. The van der Waals surface area contributed by atoms with Crippen molar-refractivity contribution in [3.05, 3.63) is 93.4 Å². The third kappa shape index (κ3) is 4.55. The Kier molecular flexibility index (Phi) is 6.65. The van der Waals surface area contributed by atoms with Crippen LogP contribution in [0.5, 0.6) is 0 Å². The maximum atomic E-state index is 11.3. The van der Waals surface area contributed by atoms with Gasteiger partial charge in [-0.3, -0.25) is 0 Å². The SMILES string of the molecule is C[N+]1=C(/C=C2C(O)=C(/C=C3/N(CCC[N+](C)(C)C)c4ccc(Cl)cc4C3(C)C)C/2O)C(C)(C)c2ccccc21. The summed E-state index contributed by atoms with van der Waals surface area (Å²) in [5, 5.41) is 23.3. The number of allylic oxidation sites excluding steroid dienone is 2. The Balaban J connectivity index is 1.53. The van der Waals surface area contributed by atoms with Gasteiger partial charge in [-0.05, 0) is 43.7 Å². The van der Waals surface area contributed by atoms with E-state index in [1.807, 2.05) is 37.4 Å². The second-order valence-corrected chi connectivity index (χ2v) is 13.7. The van der Waals surface area contributed by atoms with Crippen LogP contribution in [-0.2, 0) is 10.8 Å². The standard InChI is InChI=1S/C33H41ClN3O2/c1-32(2)24-12-9-10-13-26(24)35(5)28(32)19-22-30(38)23(31(22)39)20-29-33(3,4)25-18-21(34)14-15-27(25)36(29)16-11-17-37(6,7)8/h9-10,12-15,18-20,30,38H,11,16-17H2,1-8H3/q+1/p+1. The normalized spacial score (nSPS) is 23.5. The Morgan fingerprint density at radius 3 is 2.33 bits per heavy atom. The molecule has 3 aliphatic rings. The van der Waals surface area contributed by atoms with Crippen LogP contribution in [0.2, 0.25) is 5.02 Å². The minimum Gasteiger partial charge on any atom is -0.507 e. The molecule has 2 aromatic rings. The predicted octanol–water partition coefficient (Wildman–Crippen LogP) is 6.24. The Labute approximate surface area is 238 Å². The van der Waals surface area contributed by atoms with Crippen molar-refractivity contribution in [1.29, 1.82) is 0 Å². The fourth-order valence-corrected chi connectivity index (χ4v) is 6.59. The minimum atomic E-state index is -0.853. The molecular weight excluding hydrogens is 506 g/mol. The summed E-state index contributed by atoms with van der Waals surface area (Å²) in [5.41, 5.74) is 7.41. The van der Waals surface area contributed by atoms with Crippen LogP contribution in [0.15, 0.2) is 77.2 Å². The molecule has 0 bridgehead atoms. The van der Waals surface area contributed by atoms with Gasteiger partial charge in [-0.1, -0.05) is 43.6 Å². The molecule has 5 rings (SSSR count). The molecule has 206 valence electrons. The molecule has 5 nitrogen and oxygen atoms in total. The third-order valence-corrected chi connectivity index (χ3v) is 8.96. The van der Waals surface area contributed by atoms with Crippen LogP contribution in [0.3, 0.4) is 0 Å². The summed E-state index contributed by atoms with van der Waals surface area (Å²) < 4.78 is 3.06. The number of quaternary nitrogens is 1. The Morgan fingerprint density at radius 2 is 1.69 bits per heavy atom. The summed E-state index contributed by atoms with van der Waals surface area (Å²) >= 11 is 6.43. The molecule has 0 saturated carbocycles. The van der Waals surface area contributed by atoms with Gasteiger partial charge in [0.25, 0.3) is 0 Å². The van der Waals surface area contributed by atoms with E-state index in [1.54, 1.807) is 0 Å². The van der Waals surface area contributed by atoms with E-state index in [2.05, 4.69) is 82.6 Å². The molecule has 39 heavy (non-hydrogen) atoms. The highest BCUT2D eigenvalue weighted by Crippen LogP contribution is 2.50. The van der Waals surface area contributed by atoms with Crippen LogP contribution < -0.4 is 4.90 Å². The van der Waals surface area contributed by atoms with Crippen LogP contribution in [0, 0.1) is 0 Å². The molecule has 0 saturated heterocycles. The number of hydrogen-bond acceptors (Lipinski definition) is 3. The van der Waals surface area contributed by atoms with E-state index >= 15 is 0 Å². The summed E-state index contributed by atoms with van der Waals surface area (Å²) in [6, 6.07) is 14.5. The Hall–Kier alpha value is -2.86. The topological polar surface area (TPSA) is 46.7 Å². The molecule has 1 unspecified atom stereocenters. The largest absolute Gasteiger partial charge is 0.507 e. The van der Waals surface area contributed by atoms with Crippen molar-refractivity contribution in [3.63, 3.8) is 0 Å². The first kappa shape index (κ1) is 27.7. The molecular formula is C33H42ClN3O2+2. The second kappa shape index (κ2) is 9.36. The second-order valence-electron chi connectivity index (χ2n) is 13.2. The van der Waals surface area contributed by atoms with Crippen molar-refractivity contribution in [1.82, 2.24) is 0 Å². The fraction of sp³-hybridized carbons (Fsp3) is 0.424. The lowest BCUT2D eigenvalue weighted by Crippen LogP contribution is -2.38. The van der Waals surface area contributed by atoms with Crippen molar-refractivity contribution < 1.29 is 19.3 Å². The van der Waals surface area contributed by atoms with Crippen LogP contribution in [0.4, 0.5) is 11.4 Å². The van der Waals surface area contributed by atoms with Crippen molar-refractivity contribution in [3.8, 4) is 0 Å². The number of para-hydroxylation sites is 1. The first-order valence-electron chi connectivity index (χ1n) is 13.8. The molecule has 0 radical (unpaired) electrons. The van der Waals surface area contributed by atoms with Gasteiger partial charge in [0.2, 0.25) is 5.69 Å². The summed E-state index contributed by atoms with van der Waals surface area (Å²) in [7, 11) is 8.67. The molecule has 0 spiro atoms. The van der Waals surface area contributed by atoms with Crippen molar-refractivity contribution in [2.45, 2.75) is 51.0 Å². The first-order valence-corrected chi connectivity index (χ1v) is 14.2. The zero-order valence-corrected chi connectivity index (χ0v) is 25.3. The number of hydrogen-bond donors (Lipinski definition) is 2. The van der Waals surface area contributed by atoms with Crippen molar-refractivity contribution in [2.75, 3.05) is 46.2 Å². The number of nitrogens with zero attached hydrogens (tertiary/aromatic N) is 3. The molecule has 6 heteroatoms. The lowest BCUT2D eigenvalue weighted by atomic mass is 9.77. The summed E-state index contributed by atoms with van der Waals surface area (Å²) in [6.07, 6.45) is 4.13. The van der Waals surface area contributed by atoms with E-state index in [4.69, 9.17) is 11.6 Å². The molecule has 2 aromatic carbocycles. The smallest absolute Gasteiger partial charge is 0.209 e. The van der Waals surface area contributed by atoms with Crippen molar-refractivity contribution >= 4 is 28.7 Å². The van der Waals surface area contributed by atoms with E-state index < -0.39 is 6.10 Å². The van der Waals surface area contributed by atoms with Crippen LogP contribution >= 0.6 is 11.6 Å². The maximum Gasteiger partial charge on any atom is 0.209 e. The number of halogens is 1. The monoisotopic (exact) mass is 547 g/mol. The van der Waals surface area contributed by atoms with Gasteiger partial charge in [0.15, 0.2) is 5.71 Å². The van der Waals surface area contributed by atoms with E-state index in [0.29, 0.717) is 16.2 Å². The lowest BCUT2D eigenvalue weighted by Gasteiger charge is -2.33. The van der Waals surface area contributed by atoms with E-state index in [0.717, 1.165) is 46.8 Å². The molecule has 2 heterocycles. The van der Waals surface area contributed by atoms with Gasteiger partial charge in [-0.25, -0.2) is 0 Å². The third-order valence-electron chi connectivity index (χ3n) is 8.73. The van der Waals surface area contributed by atoms with E-state index in [1.165, 1.54) is 11.1 Å². The number of aliphatic hydroxyl groups is 2. The van der Waals surface area contributed by atoms with Gasteiger partial charge in [-0.2, -0.15) is 4.58 Å². The quantitative estimate of drug-likeness (QED) is 0.332. The van der Waals surface area contributed by atoms with Crippen LogP contribution in [0.1, 0.15) is 45.2 Å². The lowest BCUT2D eigenvalue weighted by molar-refractivity contribution is -0.870. The van der Waals surface area contributed by atoms with E-state index in [9.17, 15) is 10.2 Å². The fourth-order valence-electron chi connectivity index (χ4n) is 6.42. The molecule has 2 aliphatic heterocycles. The number of anilines is 1. The zero-order chi connectivity index (χ0) is 28.5. The molecule has 0 aromatic heterocycles. The molecule has 2 N–H and O–H groups in total. The summed E-state index contributed by atoms with van der Waals surface area (Å²) in [4.78, 5) is 2.34. The molecule has 1 atom stereocenters. The Bertz CT molecular complexity index is 1470. The van der Waals surface area contributed by atoms with Gasteiger partial charge >= 0.3 is 0 Å². The minimum absolute atomic E-state index is 0.166. The summed E-state index contributed by atoms with van der Waals surface area (Å²) in [5.74, 6) is 0.166. The van der Waals surface area contributed by atoms with Gasteiger partial charge in [0, 0.05) is 63.6 Å². The maximum absolute atomic E-state index is 11.3. The number of benzene rings is 2. The first-order chi connectivity index (χ1) is 18.1. The average Bonchev–Trinajstić information content (AvgIpc) is 3.18. The predicted molar refractivity (Wildman–Crippen MR) is 161 cm³/mol. The van der Waals surface area contributed by atoms with Crippen LogP contribution in [-0.4, -0.2) is 72.4 Å². The number of rotatable bonds is 6. The van der Waals surface area contributed by atoms with E-state index in [-0.39, 0.29) is 16.6 Å². The molecule has 0 amide bonds. The van der Waals surface area contributed by atoms with Crippen molar-refractivity contribution in [2.24, 2.45) is 0 Å². The Morgan fingerprint density at radius 1 is 1.00 bits per heavy atom. The molecule has 1 aliphatic carbocycles. The molecule has 0 fully saturated rings. The summed E-state index contributed by atoms with van der Waals surface area (Å²) in [6.45, 7) is 10.6. The number of fused-ring (bicyclic) bond motifs is 2. The van der Waals surface area contributed by atoms with Crippen LogP contribution in [0.25, 0.3) is 0 Å². The highest BCUT2D eigenvalue weighted by molar-refractivity contribution is 6.30.